The molecular formula is C15H20ClN3O2. The highest BCUT2D eigenvalue weighted by atomic mass is 35.5. The number of fused-ring (bicyclic) bond motifs is 1. The van der Waals surface area contributed by atoms with E-state index in [2.05, 4.69) is 16.0 Å². The molecule has 0 radical (unpaired) electrons. The molecule has 1 heterocycles. The van der Waals surface area contributed by atoms with Crippen molar-refractivity contribution >= 4 is 29.1 Å². The Balaban J connectivity index is 1.88. The van der Waals surface area contributed by atoms with Crippen LogP contribution >= 0.6 is 11.6 Å². The molecule has 0 spiro atoms. The number of anilines is 1. The molecule has 114 valence electrons. The highest BCUT2D eigenvalue weighted by Gasteiger charge is 2.30. The summed E-state index contributed by atoms with van der Waals surface area (Å²) in [6.07, 6.45) is 1.24. The van der Waals surface area contributed by atoms with Crippen molar-refractivity contribution in [2.24, 2.45) is 0 Å². The summed E-state index contributed by atoms with van der Waals surface area (Å²) in [5.74, 6) is -0.129. The molecule has 1 aliphatic heterocycles. The third kappa shape index (κ3) is 3.95. The normalized spacial score (nSPS) is 18.0. The number of carbonyl (C=O) groups excluding carboxylic acids is 2. The fourth-order valence-electron chi connectivity index (χ4n) is 2.21. The minimum absolute atomic E-state index is 0.0124. The van der Waals surface area contributed by atoms with Gasteiger partial charge in [-0.15, -0.1) is 0 Å². The second-order valence-corrected chi connectivity index (χ2v) is 5.67. The largest absolute Gasteiger partial charge is 0.354 e. The van der Waals surface area contributed by atoms with Crippen LogP contribution in [0.4, 0.5) is 5.69 Å². The number of hydrogen-bond donors (Lipinski definition) is 3. The van der Waals surface area contributed by atoms with E-state index in [0.717, 1.165) is 17.7 Å². The van der Waals surface area contributed by atoms with E-state index < -0.39 is 6.04 Å². The molecular weight excluding hydrogens is 290 g/mol. The number of nitrogens with one attached hydrogen (secondary N) is 3. The quantitative estimate of drug-likeness (QED) is 0.754. The van der Waals surface area contributed by atoms with E-state index in [0.29, 0.717) is 18.0 Å². The molecule has 1 aromatic rings. The summed E-state index contributed by atoms with van der Waals surface area (Å²) in [6, 6.07) is 5.02. The van der Waals surface area contributed by atoms with Gasteiger partial charge in [-0.05, 0) is 31.5 Å². The van der Waals surface area contributed by atoms with E-state index in [4.69, 9.17) is 11.6 Å². The van der Waals surface area contributed by atoms with Gasteiger partial charge in [-0.1, -0.05) is 18.5 Å². The van der Waals surface area contributed by atoms with Gasteiger partial charge in [0.25, 0.3) is 0 Å². The van der Waals surface area contributed by atoms with Crippen molar-refractivity contribution in [2.75, 3.05) is 11.9 Å². The van der Waals surface area contributed by atoms with Crippen LogP contribution in [0.5, 0.6) is 0 Å². The van der Waals surface area contributed by atoms with Gasteiger partial charge in [0.05, 0.1) is 0 Å². The molecule has 0 saturated heterocycles. The number of benzene rings is 1. The summed E-state index contributed by atoms with van der Waals surface area (Å²) >= 11 is 5.96. The van der Waals surface area contributed by atoms with E-state index in [1.54, 1.807) is 18.2 Å². The number of halogens is 1. The highest BCUT2D eigenvalue weighted by molar-refractivity contribution is 6.31. The van der Waals surface area contributed by atoms with Gasteiger partial charge in [0, 0.05) is 35.3 Å². The van der Waals surface area contributed by atoms with Crippen LogP contribution < -0.4 is 16.0 Å². The minimum atomic E-state index is -0.449. The number of carbonyl (C=O) groups is 2. The minimum Gasteiger partial charge on any atom is -0.354 e. The summed E-state index contributed by atoms with van der Waals surface area (Å²) in [7, 11) is 0. The van der Waals surface area contributed by atoms with Gasteiger partial charge in [-0.3, -0.25) is 9.59 Å². The smallest absolute Gasteiger partial charge is 0.246 e. The SMILES string of the molecule is CCC(C)NC(=O)CCNC1C(=O)Nc2ccc(Cl)cc21. The van der Waals surface area contributed by atoms with Crippen molar-refractivity contribution in [2.45, 2.75) is 38.8 Å². The van der Waals surface area contributed by atoms with E-state index in [9.17, 15) is 9.59 Å². The highest BCUT2D eigenvalue weighted by Crippen LogP contribution is 2.32. The molecule has 2 rings (SSSR count). The Morgan fingerprint density at radius 2 is 2.24 bits per heavy atom. The summed E-state index contributed by atoms with van der Waals surface area (Å²) in [5, 5.41) is 9.38. The zero-order valence-electron chi connectivity index (χ0n) is 12.2. The van der Waals surface area contributed by atoms with Gasteiger partial charge >= 0.3 is 0 Å². The predicted octanol–water partition coefficient (Wildman–Crippen LogP) is 2.23. The maximum Gasteiger partial charge on any atom is 0.246 e. The lowest BCUT2D eigenvalue weighted by Crippen LogP contribution is -2.35. The van der Waals surface area contributed by atoms with Crippen molar-refractivity contribution in [1.82, 2.24) is 10.6 Å². The molecule has 2 unspecified atom stereocenters. The molecule has 0 bridgehead atoms. The lowest BCUT2D eigenvalue weighted by Gasteiger charge is -2.14. The van der Waals surface area contributed by atoms with E-state index >= 15 is 0 Å². The van der Waals surface area contributed by atoms with Gasteiger partial charge in [-0.2, -0.15) is 0 Å². The number of hydrogen-bond acceptors (Lipinski definition) is 3. The first-order chi connectivity index (χ1) is 10.0. The topological polar surface area (TPSA) is 70.2 Å². The van der Waals surface area contributed by atoms with Crippen LogP contribution in [0.1, 0.15) is 38.3 Å². The first kappa shape index (κ1) is 15.8. The fraction of sp³-hybridized carbons (Fsp3) is 0.467. The van der Waals surface area contributed by atoms with Crippen LogP contribution in [0, 0.1) is 0 Å². The van der Waals surface area contributed by atoms with Gasteiger partial charge in [-0.25, -0.2) is 0 Å². The number of rotatable bonds is 6. The first-order valence-electron chi connectivity index (χ1n) is 7.14. The molecule has 5 nitrogen and oxygen atoms in total. The van der Waals surface area contributed by atoms with Crippen LogP contribution in [-0.4, -0.2) is 24.4 Å². The van der Waals surface area contributed by atoms with Gasteiger partial charge < -0.3 is 16.0 Å². The number of amides is 2. The zero-order valence-corrected chi connectivity index (χ0v) is 13.0. The molecule has 6 heteroatoms. The average molecular weight is 310 g/mol. The lowest BCUT2D eigenvalue weighted by molar-refractivity contribution is -0.122. The van der Waals surface area contributed by atoms with Crippen LogP contribution in [0.3, 0.4) is 0 Å². The van der Waals surface area contributed by atoms with Gasteiger partial charge in [0.1, 0.15) is 6.04 Å². The molecule has 3 N–H and O–H groups in total. The van der Waals surface area contributed by atoms with Crippen molar-refractivity contribution in [3.8, 4) is 0 Å². The Bertz CT molecular complexity index is 548. The monoisotopic (exact) mass is 309 g/mol. The molecule has 0 saturated carbocycles. The zero-order chi connectivity index (χ0) is 15.4. The van der Waals surface area contributed by atoms with Crippen LogP contribution in [0.2, 0.25) is 5.02 Å². The van der Waals surface area contributed by atoms with Crippen LogP contribution in [0.15, 0.2) is 18.2 Å². The van der Waals surface area contributed by atoms with Gasteiger partial charge in [0.2, 0.25) is 11.8 Å². The summed E-state index contributed by atoms with van der Waals surface area (Å²) in [4.78, 5) is 23.6. The molecule has 0 aliphatic carbocycles. The molecule has 1 aliphatic rings. The fourth-order valence-corrected chi connectivity index (χ4v) is 2.39. The Morgan fingerprint density at radius 3 is 2.95 bits per heavy atom. The van der Waals surface area contributed by atoms with E-state index in [1.807, 2.05) is 13.8 Å². The maximum atomic E-state index is 11.9. The Kier molecular flexibility index (Phi) is 5.20. The molecule has 21 heavy (non-hydrogen) atoms. The molecule has 0 aromatic heterocycles. The second kappa shape index (κ2) is 6.91. The Labute approximate surface area is 129 Å². The third-order valence-electron chi connectivity index (χ3n) is 3.56. The van der Waals surface area contributed by atoms with Gasteiger partial charge in [0.15, 0.2) is 0 Å². The average Bonchev–Trinajstić information content (AvgIpc) is 2.74. The maximum absolute atomic E-state index is 11.9. The van der Waals surface area contributed by atoms with Crippen LogP contribution in [0.25, 0.3) is 0 Å². The first-order valence-corrected chi connectivity index (χ1v) is 7.52. The lowest BCUT2D eigenvalue weighted by atomic mass is 10.1. The summed E-state index contributed by atoms with van der Waals surface area (Å²) in [5.41, 5.74) is 1.60. The van der Waals surface area contributed by atoms with Crippen molar-refractivity contribution < 1.29 is 9.59 Å². The molecule has 1 aromatic carbocycles. The van der Waals surface area contributed by atoms with E-state index in [1.165, 1.54) is 0 Å². The Morgan fingerprint density at radius 1 is 1.48 bits per heavy atom. The van der Waals surface area contributed by atoms with Crippen molar-refractivity contribution in [1.29, 1.82) is 0 Å². The van der Waals surface area contributed by atoms with Crippen LogP contribution in [-0.2, 0) is 9.59 Å². The third-order valence-corrected chi connectivity index (χ3v) is 3.80. The predicted molar refractivity (Wildman–Crippen MR) is 83.3 cm³/mol. The van der Waals surface area contributed by atoms with Crippen molar-refractivity contribution in [3.63, 3.8) is 0 Å². The standard InChI is InChI=1S/C15H20ClN3O2/c1-3-9(2)18-13(20)6-7-17-14-11-8-10(16)4-5-12(11)19-15(14)21/h4-5,8-9,14,17H,3,6-7H2,1-2H3,(H,18,20)(H,19,21). The van der Waals surface area contributed by atoms with Crippen molar-refractivity contribution in [3.05, 3.63) is 28.8 Å². The molecule has 2 atom stereocenters. The second-order valence-electron chi connectivity index (χ2n) is 5.23. The summed E-state index contributed by atoms with van der Waals surface area (Å²) < 4.78 is 0. The molecule has 0 fully saturated rings. The molecule has 2 amide bonds. The van der Waals surface area contributed by atoms with E-state index in [-0.39, 0.29) is 17.9 Å². The summed E-state index contributed by atoms with van der Waals surface area (Å²) in [6.45, 7) is 4.42. The Hall–Kier alpha value is -1.59.